The molecule has 1 fully saturated rings. The molecular formula is C11H19ClN4OS. The second-order valence-electron chi connectivity index (χ2n) is 4.51. The third-order valence-corrected chi connectivity index (χ3v) is 3.90. The summed E-state index contributed by atoms with van der Waals surface area (Å²) in [4.78, 5) is 11.9. The summed E-state index contributed by atoms with van der Waals surface area (Å²) < 4.78 is 0. The van der Waals surface area contributed by atoms with Gasteiger partial charge in [-0.1, -0.05) is 18.3 Å². The van der Waals surface area contributed by atoms with Gasteiger partial charge in [0.1, 0.15) is 5.01 Å². The van der Waals surface area contributed by atoms with Gasteiger partial charge in [-0.15, -0.1) is 22.6 Å². The normalized spacial score (nSPS) is 22.6. The molecule has 0 saturated heterocycles. The molecule has 1 aromatic rings. The molecule has 7 heteroatoms. The zero-order chi connectivity index (χ0) is 12.3. The van der Waals surface area contributed by atoms with Gasteiger partial charge in [0, 0.05) is 18.4 Å². The van der Waals surface area contributed by atoms with Gasteiger partial charge >= 0.3 is 0 Å². The maximum absolute atomic E-state index is 11.9. The van der Waals surface area contributed by atoms with E-state index in [1.54, 1.807) is 0 Å². The molecule has 5 nitrogen and oxygen atoms in total. The van der Waals surface area contributed by atoms with Crippen LogP contribution in [0.3, 0.4) is 0 Å². The highest BCUT2D eigenvalue weighted by Gasteiger charge is 2.28. The Hall–Kier alpha value is -0.720. The molecule has 1 aliphatic carbocycles. The van der Waals surface area contributed by atoms with Crippen LogP contribution in [0.4, 0.5) is 5.13 Å². The Morgan fingerprint density at radius 3 is 2.89 bits per heavy atom. The highest BCUT2D eigenvalue weighted by Crippen LogP contribution is 2.26. The lowest BCUT2D eigenvalue weighted by Crippen LogP contribution is -2.23. The van der Waals surface area contributed by atoms with Gasteiger partial charge in [-0.2, -0.15) is 0 Å². The van der Waals surface area contributed by atoms with E-state index in [1.807, 2.05) is 0 Å². The zero-order valence-electron chi connectivity index (χ0n) is 10.4. The summed E-state index contributed by atoms with van der Waals surface area (Å²) in [6.07, 6.45) is 4.57. The van der Waals surface area contributed by atoms with Crippen molar-refractivity contribution in [3.8, 4) is 0 Å². The van der Waals surface area contributed by atoms with Gasteiger partial charge < -0.3 is 11.1 Å². The fraction of sp³-hybridized carbons (Fsp3) is 0.727. The Bertz CT molecular complexity index is 398. The maximum Gasteiger partial charge on any atom is 0.229 e. The van der Waals surface area contributed by atoms with Crippen LogP contribution in [0.1, 0.15) is 37.6 Å². The molecule has 2 unspecified atom stereocenters. The van der Waals surface area contributed by atoms with Crippen LogP contribution in [-0.4, -0.2) is 22.1 Å². The second kappa shape index (κ2) is 7.01. The first-order valence-corrected chi connectivity index (χ1v) is 6.89. The first-order chi connectivity index (χ1) is 8.19. The molecule has 0 aliphatic heterocycles. The second-order valence-corrected chi connectivity index (χ2v) is 5.57. The average Bonchev–Trinajstić information content (AvgIpc) is 2.88. The highest BCUT2D eigenvalue weighted by atomic mass is 35.5. The maximum atomic E-state index is 11.9. The van der Waals surface area contributed by atoms with Gasteiger partial charge in [-0.25, -0.2) is 0 Å². The van der Waals surface area contributed by atoms with Crippen LogP contribution in [0.5, 0.6) is 0 Å². The Kier molecular flexibility index (Phi) is 5.98. The number of hydrogen-bond donors (Lipinski definition) is 2. The van der Waals surface area contributed by atoms with E-state index in [0.29, 0.717) is 5.13 Å². The lowest BCUT2D eigenvalue weighted by molar-refractivity contribution is -0.119. The van der Waals surface area contributed by atoms with Crippen LogP contribution in [0.25, 0.3) is 0 Å². The molecule has 1 amide bonds. The number of amides is 1. The number of nitrogens with two attached hydrogens (primary N) is 1. The van der Waals surface area contributed by atoms with Gasteiger partial charge in [-0.05, 0) is 25.7 Å². The Labute approximate surface area is 117 Å². The third-order valence-electron chi connectivity index (χ3n) is 3.00. The van der Waals surface area contributed by atoms with Gasteiger partial charge in [0.15, 0.2) is 0 Å². The summed E-state index contributed by atoms with van der Waals surface area (Å²) >= 11 is 1.46. The SMILES string of the molecule is CCCc1nnc(NC(=O)C2CCC(N)C2)s1.Cl. The minimum Gasteiger partial charge on any atom is -0.328 e. The lowest BCUT2D eigenvalue weighted by atomic mass is 10.1. The van der Waals surface area contributed by atoms with Crippen molar-refractivity contribution < 1.29 is 4.79 Å². The molecular weight excluding hydrogens is 272 g/mol. The van der Waals surface area contributed by atoms with E-state index in [1.165, 1.54) is 11.3 Å². The Morgan fingerprint density at radius 1 is 1.50 bits per heavy atom. The molecule has 102 valence electrons. The molecule has 3 N–H and O–H groups in total. The summed E-state index contributed by atoms with van der Waals surface area (Å²) in [7, 11) is 0. The predicted molar refractivity (Wildman–Crippen MR) is 75.1 cm³/mol. The van der Waals surface area contributed by atoms with E-state index in [0.717, 1.165) is 37.1 Å². The molecule has 0 aromatic carbocycles. The molecule has 1 saturated carbocycles. The smallest absolute Gasteiger partial charge is 0.229 e. The van der Waals surface area contributed by atoms with Crippen molar-refractivity contribution >= 4 is 34.8 Å². The van der Waals surface area contributed by atoms with Gasteiger partial charge in [0.25, 0.3) is 0 Å². The molecule has 0 bridgehead atoms. The molecule has 1 aliphatic rings. The Balaban J connectivity index is 0.00000162. The van der Waals surface area contributed by atoms with Gasteiger partial charge in [0.05, 0.1) is 0 Å². The number of carbonyl (C=O) groups is 1. The third kappa shape index (κ3) is 3.90. The topological polar surface area (TPSA) is 80.9 Å². The summed E-state index contributed by atoms with van der Waals surface area (Å²) in [6, 6.07) is 0.177. The summed E-state index contributed by atoms with van der Waals surface area (Å²) in [5, 5.41) is 12.4. The van der Waals surface area contributed by atoms with Crippen LogP contribution >= 0.6 is 23.7 Å². The number of nitrogens with zero attached hydrogens (tertiary/aromatic N) is 2. The number of nitrogens with one attached hydrogen (secondary N) is 1. The molecule has 1 aromatic heterocycles. The van der Waals surface area contributed by atoms with Crippen molar-refractivity contribution in [1.29, 1.82) is 0 Å². The van der Waals surface area contributed by atoms with Crippen molar-refractivity contribution in [3.63, 3.8) is 0 Å². The van der Waals surface area contributed by atoms with E-state index >= 15 is 0 Å². The highest BCUT2D eigenvalue weighted by molar-refractivity contribution is 7.15. The molecule has 2 rings (SSSR count). The molecule has 2 atom stereocenters. The zero-order valence-corrected chi connectivity index (χ0v) is 12.0. The van der Waals surface area contributed by atoms with Gasteiger partial charge in [0.2, 0.25) is 11.0 Å². The summed E-state index contributed by atoms with van der Waals surface area (Å²) in [5.74, 6) is 0.0840. The van der Waals surface area contributed by atoms with E-state index in [9.17, 15) is 4.79 Å². The van der Waals surface area contributed by atoms with Crippen LogP contribution in [0.15, 0.2) is 0 Å². The van der Waals surface area contributed by atoms with Crippen molar-refractivity contribution in [2.75, 3.05) is 5.32 Å². The minimum atomic E-state index is 0. The van der Waals surface area contributed by atoms with Crippen LogP contribution in [0.2, 0.25) is 0 Å². The monoisotopic (exact) mass is 290 g/mol. The Morgan fingerprint density at radius 2 is 2.28 bits per heavy atom. The predicted octanol–water partition coefficient (Wildman–Crippen LogP) is 1.98. The van der Waals surface area contributed by atoms with E-state index in [2.05, 4.69) is 22.4 Å². The van der Waals surface area contributed by atoms with Crippen LogP contribution < -0.4 is 11.1 Å². The number of hydrogen-bond acceptors (Lipinski definition) is 5. The number of aromatic nitrogens is 2. The summed E-state index contributed by atoms with van der Waals surface area (Å²) in [6.45, 7) is 2.10. The van der Waals surface area contributed by atoms with E-state index in [4.69, 9.17) is 5.73 Å². The van der Waals surface area contributed by atoms with E-state index in [-0.39, 0.29) is 30.3 Å². The van der Waals surface area contributed by atoms with Crippen molar-refractivity contribution in [2.24, 2.45) is 11.7 Å². The number of aryl methyl sites for hydroxylation is 1. The number of carbonyl (C=O) groups excluding carboxylic acids is 1. The molecule has 1 heterocycles. The fourth-order valence-corrected chi connectivity index (χ4v) is 2.93. The molecule has 0 spiro atoms. The standard InChI is InChI=1S/C11H18N4OS.ClH/c1-2-3-9-14-15-11(17-9)13-10(16)7-4-5-8(12)6-7;/h7-8H,2-6,12H2,1H3,(H,13,15,16);1H. The molecule has 0 radical (unpaired) electrons. The number of anilines is 1. The van der Waals surface area contributed by atoms with Crippen LogP contribution in [-0.2, 0) is 11.2 Å². The number of rotatable bonds is 4. The lowest BCUT2D eigenvalue weighted by Gasteiger charge is -2.07. The van der Waals surface area contributed by atoms with E-state index < -0.39 is 0 Å². The minimum absolute atomic E-state index is 0. The average molecular weight is 291 g/mol. The van der Waals surface area contributed by atoms with Crippen LogP contribution in [0, 0.1) is 5.92 Å². The van der Waals surface area contributed by atoms with Crippen molar-refractivity contribution in [1.82, 2.24) is 10.2 Å². The fourth-order valence-electron chi connectivity index (χ4n) is 2.08. The largest absolute Gasteiger partial charge is 0.328 e. The number of halogens is 1. The van der Waals surface area contributed by atoms with Gasteiger partial charge in [-0.3, -0.25) is 4.79 Å². The first-order valence-electron chi connectivity index (χ1n) is 6.08. The van der Waals surface area contributed by atoms with Crippen molar-refractivity contribution in [2.45, 2.75) is 45.1 Å². The first kappa shape index (κ1) is 15.3. The summed E-state index contributed by atoms with van der Waals surface area (Å²) in [5.41, 5.74) is 5.79. The molecule has 18 heavy (non-hydrogen) atoms. The quantitative estimate of drug-likeness (QED) is 0.888. The van der Waals surface area contributed by atoms with Crippen molar-refractivity contribution in [3.05, 3.63) is 5.01 Å².